The van der Waals surface area contributed by atoms with Crippen LogP contribution in [-0.4, -0.2) is 37.0 Å². The summed E-state index contributed by atoms with van der Waals surface area (Å²) < 4.78 is 74.0. The molecule has 1 aliphatic rings. The molecule has 3 aromatic rings. The number of carbonyl (C=O) groups excluding carboxylic acids is 1. The van der Waals surface area contributed by atoms with Crippen LogP contribution < -0.4 is 4.90 Å². The van der Waals surface area contributed by atoms with E-state index >= 15 is 0 Å². The number of halogens is 7. The van der Waals surface area contributed by atoms with Gasteiger partial charge in [0.05, 0.1) is 5.02 Å². The highest BCUT2D eigenvalue weighted by Crippen LogP contribution is 2.33. The van der Waals surface area contributed by atoms with Crippen molar-refractivity contribution >= 4 is 34.8 Å². The molecule has 1 fully saturated rings. The SMILES string of the molecule is O=C(c1ccc(-c2ccc(Cl)cc2Cl)o1)N1CCN(c2c(F)c(F)c(F)c(F)c2F)CC1. The Labute approximate surface area is 188 Å². The van der Waals surface area contributed by atoms with Gasteiger partial charge in [0.2, 0.25) is 5.82 Å². The summed E-state index contributed by atoms with van der Waals surface area (Å²) in [6.45, 7) is -0.312. The van der Waals surface area contributed by atoms with Crippen LogP contribution >= 0.6 is 23.2 Å². The molecule has 11 heteroatoms. The minimum Gasteiger partial charge on any atom is -0.451 e. The van der Waals surface area contributed by atoms with Crippen molar-refractivity contribution in [2.24, 2.45) is 0 Å². The van der Waals surface area contributed by atoms with Gasteiger partial charge in [0.15, 0.2) is 29.0 Å². The second kappa shape index (κ2) is 8.63. The van der Waals surface area contributed by atoms with Crippen molar-refractivity contribution < 1.29 is 31.2 Å². The number of amides is 1. The number of rotatable bonds is 3. The average Bonchev–Trinajstić information content (AvgIpc) is 3.26. The second-order valence-corrected chi connectivity index (χ2v) is 7.83. The Bertz CT molecular complexity index is 1180. The zero-order valence-corrected chi connectivity index (χ0v) is 17.6. The van der Waals surface area contributed by atoms with E-state index in [1.165, 1.54) is 17.0 Å². The summed E-state index contributed by atoms with van der Waals surface area (Å²) in [6, 6.07) is 7.81. The van der Waals surface area contributed by atoms with Crippen LogP contribution in [0, 0.1) is 29.1 Å². The molecule has 0 spiro atoms. The van der Waals surface area contributed by atoms with E-state index in [-0.39, 0.29) is 31.9 Å². The predicted molar refractivity (Wildman–Crippen MR) is 109 cm³/mol. The van der Waals surface area contributed by atoms with Gasteiger partial charge in [-0.2, -0.15) is 0 Å². The van der Waals surface area contributed by atoms with Gasteiger partial charge in [0.25, 0.3) is 5.91 Å². The Morgan fingerprint density at radius 3 is 2.00 bits per heavy atom. The first-order valence-corrected chi connectivity index (χ1v) is 10.1. The molecule has 1 aliphatic heterocycles. The van der Waals surface area contributed by atoms with Gasteiger partial charge in [-0.15, -0.1) is 0 Å². The number of piperazine rings is 1. The van der Waals surface area contributed by atoms with Gasteiger partial charge in [0.1, 0.15) is 11.4 Å². The lowest BCUT2D eigenvalue weighted by Crippen LogP contribution is -2.49. The molecule has 2 aromatic carbocycles. The first kappa shape index (κ1) is 22.4. The van der Waals surface area contributed by atoms with Crippen LogP contribution in [0.5, 0.6) is 0 Å². The molecule has 32 heavy (non-hydrogen) atoms. The number of anilines is 1. The van der Waals surface area contributed by atoms with Crippen LogP contribution in [-0.2, 0) is 0 Å². The summed E-state index contributed by atoms with van der Waals surface area (Å²) >= 11 is 12.0. The van der Waals surface area contributed by atoms with Crippen molar-refractivity contribution in [3.8, 4) is 11.3 Å². The molecule has 0 atom stereocenters. The van der Waals surface area contributed by atoms with Crippen LogP contribution in [0.3, 0.4) is 0 Å². The molecule has 0 bridgehead atoms. The highest BCUT2D eigenvalue weighted by molar-refractivity contribution is 6.36. The third-order valence-corrected chi connectivity index (χ3v) is 5.63. The fourth-order valence-corrected chi connectivity index (χ4v) is 3.95. The summed E-state index contributed by atoms with van der Waals surface area (Å²) in [4.78, 5) is 15.1. The van der Waals surface area contributed by atoms with Gasteiger partial charge >= 0.3 is 0 Å². The van der Waals surface area contributed by atoms with Crippen LogP contribution in [0.25, 0.3) is 11.3 Å². The molecular weight excluding hydrogens is 478 g/mol. The standard InChI is InChI=1S/C21H13Cl2F5N2O2/c22-10-1-2-11(12(23)9-10)13-3-4-14(32-13)21(31)30-7-5-29(6-8-30)20-18(27)16(25)15(24)17(26)19(20)28/h1-4,9H,5-8H2. The first-order valence-electron chi connectivity index (χ1n) is 9.30. The normalized spacial score (nSPS) is 14.2. The fourth-order valence-electron chi connectivity index (χ4n) is 3.45. The van der Waals surface area contributed by atoms with E-state index in [4.69, 9.17) is 27.6 Å². The monoisotopic (exact) mass is 490 g/mol. The van der Waals surface area contributed by atoms with Crippen molar-refractivity contribution in [3.05, 3.63) is 75.2 Å². The number of nitrogens with zero attached hydrogens (tertiary/aromatic N) is 2. The van der Waals surface area contributed by atoms with Crippen LogP contribution in [0.2, 0.25) is 10.0 Å². The summed E-state index contributed by atoms with van der Waals surface area (Å²) in [5, 5.41) is 0.774. The molecule has 1 amide bonds. The number of furan rings is 1. The van der Waals surface area contributed by atoms with Gasteiger partial charge in [-0.05, 0) is 30.3 Å². The third kappa shape index (κ3) is 3.91. The maximum Gasteiger partial charge on any atom is 0.289 e. The van der Waals surface area contributed by atoms with E-state index < -0.39 is 40.7 Å². The molecule has 0 radical (unpaired) electrons. The molecule has 0 aliphatic carbocycles. The van der Waals surface area contributed by atoms with Crippen LogP contribution in [0.1, 0.15) is 10.6 Å². The van der Waals surface area contributed by atoms with Gasteiger partial charge in [-0.25, -0.2) is 22.0 Å². The van der Waals surface area contributed by atoms with Crippen LogP contribution in [0.4, 0.5) is 27.6 Å². The molecule has 4 rings (SSSR count). The van der Waals surface area contributed by atoms with Crippen LogP contribution in [0.15, 0.2) is 34.7 Å². The van der Waals surface area contributed by atoms with E-state index in [2.05, 4.69) is 0 Å². The lowest BCUT2D eigenvalue weighted by atomic mass is 10.2. The number of carbonyl (C=O) groups is 1. The van der Waals surface area contributed by atoms with E-state index in [0.717, 1.165) is 4.90 Å². The molecule has 1 saturated heterocycles. The first-order chi connectivity index (χ1) is 15.2. The lowest BCUT2D eigenvalue weighted by molar-refractivity contribution is 0.0715. The Balaban J connectivity index is 1.49. The smallest absolute Gasteiger partial charge is 0.289 e. The second-order valence-electron chi connectivity index (χ2n) is 6.99. The molecule has 2 heterocycles. The van der Waals surface area contributed by atoms with Gasteiger partial charge < -0.3 is 14.2 Å². The highest BCUT2D eigenvalue weighted by Gasteiger charge is 2.32. The minimum atomic E-state index is -2.22. The van der Waals surface area contributed by atoms with E-state index in [1.807, 2.05) is 0 Å². The number of hydrogen-bond acceptors (Lipinski definition) is 3. The fraction of sp³-hybridized carbons (Fsp3) is 0.190. The predicted octanol–water partition coefficient (Wildman–Crippen LogP) is 5.91. The van der Waals surface area contributed by atoms with E-state index in [9.17, 15) is 26.7 Å². The van der Waals surface area contributed by atoms with Crippen molar-refractivity contribution in [2.75, 3.05) is 31.1 Å². The zero-order chi connectivity index (χ0) is 23.2. The van der Waals surface area contributed by atoms with Crippen molar-refractivity contribution in [3.63, 3.8) is 0 Å². The zero-order valence-electron chi connectivity index (χ0n) is 16.1. The Hall–Kier alpha value is -2.78. The summed E-state index contributed by atoms with van der Waals surface area (Å²) in [5.74, 6) is -10.2. The maximum atomic E-state index is 14.1. The molecule has 1 aromatic heterocycles. The minimum absolute atomic E-state index is 0.00991. The molecule has 0 N–H and O–H groups in total. The number of benzene rings is 2. The lowest BCUT2D eigenvalue weighted by Gasteiger charge is -2.36. The Morgan fingerprint density at radius 2 is 1.41 bits per heavy atom. The van der Waals surface area contributed by atoms with Crippen molar-refractivity contribution in [1.82, 2.24) is 4.90 Å². The summed E-state index contributed by atoms with van der Waals surface area (Å²) in [7, 11) is 0. The van der Waals surface area contributed by atoms with Gasteiger partial charge in [-0.3, -0.25) is 4.79 Å². The molecule has 0 saturated carbocycles. The Morgan fingerprint density at radius 1 is 0.812 bits per heavy atom. The third-order valence-electron chi connectivity index (χ3n) is 5.08. The van der Waals surface area contributed by atoms with Gasteiger partial charge in [-0.1, -0.05) is 23.2 Å². The number of hydrogen-bond donors (Lipinski definition) is 0. The van der Waals surface area contributed by atoms with E-state index in [0.29, 0.717) is 21.4 Å². The largest absolute Gasteiger partial charge is 0.451 e. The molecular formula is C21H13Cl2F5N2O2. The van der Waals surface area contributed by atoms with Gasteiger partial charge in [0, 0.05) is 36.8 Å². The van der Waals surface area contributed by atoms with E-state index in [1.54, 1.807) is 18.2 Å². The van der Waals surface area contributed by atoms with Crippen molar-refractivity contribution in [2.45, 2.75) is 0 Å². The summed E-state index contributed by atoms with van der Waals surface area (Å²) in [5.41, 5.74) is -0.475. The molecule has 0 unspecified atom stereocenters. The molecule has 168 valence electrons. The van der Waals surface area contributed by atoms with Crippen molar-refractivity contribution in [1.29, 1.82) is 0 Å². The highest BCUT2D eigenvalue weighted by atomic mass is 35.5. The quantitative estimate of drug-likeness (QED) is 0.260. The molecule has 4 nitrogen and oxygen atoms in total. The average molecular weight is 491 g/mol. The topological polar surface area (TPSA) is 36.7 Å². The summed E-state index contributed by atoms with van der Waals surface area (Å²) in [6.07, 6.45) is 0. The maximum absolute atomic E-state index is 14.1. The Kier molecular flexibility index (Phi) is 6.05.